The van der Waals surface area contributed by atoms with E-state index in [1.807, 2.05) is 18.2 Å². The molecule has 100 valence electrons. The molecule has 2 rings (SSSR count). The van der Waals surface area contributed by atoms with Crippen LogP contribution in [0.1, 0.15) is 5.69 Å². The maximum Gasteiger partial charge on any atom is 0.240 e. The molecule has 1 heterocycles. The first-order valence-electron chi connectivity index (χ1n) is 5.76. The molecule has 2 N–H and O–H groups in total. The van der Waals surface area contributed by atoms with Gasteiger partial charge in [0.1, 0.15) is 5.75 Å². The Morgan fingerprint density at radius 1 is 1.11 bits per heavy atom. The Morgan fingerprint density at radius 3 is 2.47 bits per heavy atom. The summed E-state index contributed by atoms with van der Waals surface area (Å²) in [5, 5.41) is 9.12. The van der Waals surface area contributed by atoms with E-state index in [1.54, 1.807) is 6.20 Å². The third kappa shape index (κ3) is 3.77. The molecule has 0 amide bonds. The Labute approximate surface area is 112 Å². The second kappa shape index (κ2) is 5.81. The average Bonchev–Trinajstić information content (AvgIpc) is 2.40. The molecule has 0 spiro atoms. The van der Waals surface area contributed by atoms with Crippen LogP contribution in [0.3, 0.4) is 0 Å². The minimum atomic E-state index is -3.54. The van der Waals surface area contributed by atoms with Crippen molar-refractivity contribution in [2.24, 2.45) is 0 Å². The summed E-state index contributed by atoms with van der Waals surface area (Å²) in [6.07, 6.45) is 2.20. The van der Waals surface area contributed by atoms with E-state index in [9.17, 15) is 8.42 Å². The van der Waals surface area contributed by atoms with Gasteiger partial charge in [-0.2, -0.15) is 0 Å². The molecule has 0 aliphatic rings. The molecule has 0 aliphatic carbocycles. The van der Waals surface area contributed by atoms with Gasteiger partial charge >= 0.3 is 0 Å². The second-order valence-electron chi connectivity index (χ2n) is 3.96. The van der Waals surface area contributed by atoms with Crippen molar-refractivity contribution in [2.45, 2.75) is 11.3 Å². The number of hydrogen-bond donors (Lipinski definition) is 2. The predicted molar refractivity (Wildman–Crippen MR) is 71.2 cm³/mol. The summed E-state index contributed by atoms with van der Waals surface area (Å²) < 4.78 is 26.3. The fourth-order valence-corrected chi connectivity index (χ4v) is 2.60. The van der Waals surface area contributed by atoms with Gasteiger partial charge in [-0.1, -0.05) is 6.07 Å². The molecule has 0 unspecified atom stereocenters. The quantitative estimate of drug-likeness (QED) is 0.864. The minimum Gasteiger partial charge on any atom is -0.508 e. The van der Waals surface area contributed by atoms with Crippen LogP contribution in [0.5, 0.6) is 5.75 Å². The molecule has 0 atom stereocenters. The Morgan fingerprint density at radius 2 is 1.84 bits per heavy atom. The van der Waals surface area contributed by atoms with Gasteiger partial charge in [0.15, 0.2) is 0 Å². The summed E-state index contributed by atoms with van der Waals surface area (Å²) in [6, 6.07) is 10.9. The molecular formula is C13H14N2O3S. The molecule has 2 aromatic rings. The maximum atomic E-state index is 11.9. The number of nitrogens with zero attached hydrogens (tertiary/aromatic N) is 1. The van der Waals surface area contributed by atoms with E-state index in [-0.39, 0.29) is 17.2 Å². The Hall–Kier alpha value is -1.92. The number of hydrogen-bond acceptors (Lipinski definition) is 4. The zero-order chi connectivity index (χ0) is 13.7. The van der Waals surface area contributed by atoms with Crippen molar-refractivity contribution in [3.63, 3.8) is 0 Å². The number of pyridine rings is 1. The molecule has 1 aromatic carbocycles. The highest BCUT2D eigenvalue weighted by Gasteiger charge is 2.12. The predicted octanol–water partition coefficient (Wildman–Crippen LogP) is 1.31. The van der Waals surface area contributed by atoms with Crippen molar-refractivity contribution in [2.75, 3.05) is 6.54 Å². The molecular weight excluding hydrogens is 264 g/mol. The molecule has 0 bridgehead atoms. The lowest BCUT2D eigenvalue weighted by atomic mass is 10.3. The highest BCUT2D eigenvalue weighted by Crippen LogP contribution is 2.13. The summed E-state index contributed by atoms with van der Waals surface area (Å²) in [5.41, 5.74) is 0.830. The van der Waals surface area contributed by atoms with E-state index in [2.05, 4.69) is 9.71 Å². The first kappa shape index (κ1) is 13.5. The zero-order valence-corrected chi connectivity index (χ0v) is 11.0. The fourth-order valence-electron chi connectivity index (χ4n) is 1.57. The molecule has 0 saturated carbocycles. The number of phenols is 1. The Balaban J connectivity index is 1.97. The fraction of sp³-hybridized carbons (Fsp3) is 0.154. The Kier molecular flexibility index (Phi) is 4.13. The van der Waals surface area contributed by atoms with E-state index in [1.165, 1.54) is 24.3 Å². The van der Waals surface area contributed by atoms with Crippen LogP contribution in [0.25, 0.3) is 0 Å². The highest BCUT2D eigenvalue weighted by atomic mass is 32.2. The third-order valence-electron chi connectivity index (χ3n) is 2.55. The molecule has 19 heavy (non-hydrogen) atoms. The molecule has 5 nitrogen and oxygen atoms in total. The normalized spacial score (nSPS) is 11.4. The second-order valence-corrected chi connectivity index (χ2v) is 5.73. The van der Waals surface area contributed by atoms with E-state index >= 15 is 0 Å². The minimum absolute atomic E-state index is 0.0347. The van der Waals surface area contributed by atoms with Crippen molar-refractivity contribution in [3.05, 3.63) is 54.4 Å². The van der Waals surface area contributed by atoms with Gasteiger partial charge in [-0.05, 0) is 36.4 Å². The van der Waals surface area contributed by atoms with Gasteiger partial charge in [0.2, 0.25) is 10.0 Å². The Bertz CT molecular complexity index is 625. The van der Waals surface area contributed by atoms with E-state index in [0.717, 1.165) is 5.69 Å². The van der Waals surface area contributed by atoms with E-state index in [0.29, 0.717) is 6.42 Å². The van der Waals surface area contributed by atoms with Crippen LogP contribution >= 0.6 is 0 Å². The monoisotopic (exact) mass is 278 g/mol. The van der Waals surface area contributed by atoms with Crippen molar-refractivity contribution in [1.82, 2.24) is 9.71 Å². The van der Waals surface area contributed by atoms with E-state index in [4.69, 9.17) is 5.11 Å². The SMILES string of the molecule is O=S(=O)(NCCc1ccccn1)c1ccc(O)cc1. The van der Waals surface area contributed by atoms with Gasteiger partial charge in [0.25, 0.3) is 0 Å². The van der Waals surface area contributed by atoms with Crippen LogP contribution in [0.15, 0.2) is 53.6 Å². The number of aromatic hydroxyl groups is 1. The van der Waals surface area contributed by atoms with Gasteiger partial charge in [-0.15, -0.1) is 0 Å². The number of nitrogens with one attached hydrogen (secondary N) is 1. The van der Waals surface area contributed by atoms with Crippen LogP contribution in [0.2, 0.25) is 0 Å². The summed E-state index contributed by atoms with van der Waals surface area (Å²) in [7, 11) is -3.54. The number of rotatable bonds is 5. The highest BCUT2D eigenvalue weighted by molar-refractivity contribution is 7.89. The summed E-state index contributed by atoms with van der Waals surface area (Å²) >= 11 is 0. The summed E-state index contributed by atoms with van der Waals surface area (Å²) in [6.45, 7) is 0.278. The van der Waals surface area contributed by atoms with Gasteiger partial charge in [-0.3, -0.25) is 4.98 Å². The van der Waals surface area contributed by atoms with Crippen LogP contribution in [0, 0.1) is 0 Å². The molecule has 0 radical (unpaired) electrons. The lowest BCUT2D eigenvalue weighted by Crippen LogP contribution is -2.26. The smallest absolute Gasteiger partial charge is 0.240 e. The lowest BCUT2D eigenvalue weighted by Gasteiger charge is -2.06. The van der Waals surface area contributed by atoms with Crippen LogP contribution < -0.4 is 4.72 Å². The first-order chi connectivity index (χ1) is 9.08. The van der Waals surface area contributed by atoms with Crippen LogP contribution in [-0.4, -0.2) is 25.1 Å². The summed E-state index contributed by atoms with van der Waals surface area (Å²) in [5.74, 6) is 0.0347. The largest absolute Gasteiger partial charge is 0.508 e. The standard InChI is InChI=1S/C13H14N2O3S/c16-12-4-6-13(7-5-12)19(17,18)15-10-8-11-3-1-2-9-14-11/h1-7,9,15-16H,8,10H2. The lowest BCUT2D eigenvalue weighted by molar-refractivity contribution is 0.474. The number of benzene rings is 1. The number of sulfonamides is 1. The van der Waals surface area contributed by atoms with Crippen molar-refractivity contribution in [3.8, 4) is 5.75 Å². The van der Waals surface area contributed by atoms with E-state index < -0.39 is 10.0 Å². The van der Waals surface area contributed by atoms with Gasteiger partial charge in [0, 0.05) is 24.9 Å². The number of aromatic nitrogens is 1. The zero-order valence-electron chi connectivity index (χ0n) is 10.2. The first-order valence-corrected chi connectivity index (χ1v) is 7.25. The van der Waals surface area contributed by atoms with Crippen molar-refractivity contribution >= 4 is 10.0 Å². The maximum absolute atomic E-state index is 11.9. The van der Waals surface area contributed by atoms with Crippen molar-refractivity contribution < 1.29 is 13.5 Å². The molecule has 0 aliphatic heterocycles. The van der Waals surface area contributed by atoms with Gasteiger partial charge in [0.05, 0.1) is 4.90 Å². The van der Waals surface area contributed by atoms with Gasteiger partial charge in [-0.25, -0.2) is 13.1 Å². The molecule has 6 heteroatoms. The topological polar surface area (TPSA) is 79.3 Å². The molecule has 0 saturated heterocycles. The average molecular weight is 278 g/mol. The molecule has 1 aromatic heterocycles. The summed E-state index contributed by atoms with van der Waals surface area (Å²) in [4.78, 5) is 4.25. The third-order valence-corrected chi connectivity index (χ3v) is 4.02. The number of phenolic OH excluding ortho intramolecular Hbond substituents is 1. The van der Waals surface area contributed by atoms with Gasteiger partial charge < -0.3 is 5.11 Å². The van der Waals surface area contributed by atoms with Crippen molar-refractivity contribution in [1.29, 1.82) is 0 Å². The molecule has 0 fully saturated rings. The van der Waals surface area contributed by atoms with Crippen LogP contribution in [-0.2, 0) is 16.4 Å². The van der Waals surface area contributed by atoms with Crippen LogP contribution in [0.4, 0.5) is 0 Å².